The second-order valence-corrected chi connectivity index (χ2v) is 14.4. The van der Waals surface area contributed by atoms with Crippen LogP contribution < -0.4 is 9.46 Å². The summed E-state index contributed by atoms with van der Waals surface area (Å²) in [5, 5.41) is 0. The predicted octanol–water partition coefficient (Wildman–Crippen LogP) is 5.63. The number of hydrogen-bond donors (Lipinski definition) is 1. The molecular formula is C33H40N4O5S. The lowest BCUT2D eigenvalue weighted by molar-refractivity contribution is 0.0404. The van der Waals surface area contributed by atoms with Gasteiger partial charge >= 0.3 is 0 Å². The normalized spacial score (nSPS) is 22.6. The van der Waals surface area contributed by atoms with Gasteiger partial charge in [-0.3, -0.25) is 4.79 Å². The first kappa shape index (κ1) is 29.6. The number of carbonyl (C=O) groups is 1. The van der Waals surface area contributed by atoms with Gasteiger partial charge in [-0.15, -0.1) is 0 Å². The second kappa shape index (κ2) is 11.5. The lowest BCUT2D eigenvalue weighted by Crippen LogP contribution is -2.46. The van der Waals surface area contributed by atoms with E-state index in [1.165, 1.54) is 12.1 Å². The minimum atomic E-state index is -4.10. The summed E-state index contributed by atoms with van der Waals surface area (Å²) in [4.78, 5) is 25.2. The Balaban J connectivity index is 1.44. The van der Waals surface area contributed by atoms with Crippen LogP contribution in [0, 0.1) is 31.1 Å². The summed E-state index contributed by atoms with van der Waals surface area (Å²) in [7, 11) is -4.10. The van der Waals surface area contributed by atoms with Gasteiger partial charge in [0.05, 0.1) is 16.6 Å². The molecule has 1 spiro atoms. The van der Waals surface area contributed by atoms with E-state index in [2.05, 4.69) is 28.5 Å². The number of hydrogen-bond acceptors (Lipinski definition) is 7. The summed E-state index contributed by atoms with van der Waals surface area (Å²) < 4.78 is 41.7. The Morgan fingerprint density at radius 1 is 1.05 bits per heavy atom. The van der Waals surface area contributed by atoms with Gasteiger partial charge in [0.2, 0.25) is 11.8 Å². The van der Waals surface area contributed by atoms with Crippen molar-refractivity contribution in [2.75, 3.05) is 31.1 Å². The molecule has 2 aromatic carbocycles. The van der Waals surface area contributed by atoms with Crippen LogP contribution in [-0.2, 0) is 14.8 Å². The molecule has 1 aromatic heterocycles. The third-order valence-corrected chi connectivity index (χ3v) is 10.5. The molecule has 2 aliphatic heterocycles. The maximum atomic E-state index is 14.3. The first-order chi connectivity index (χ1) is 20.5. The highest BCUT2D eigenvalue weighted by molar-refractivity contribution is 7.92. The Bertz CT molecular complexity index is 1610. The number of carbonyl (C=O) groups excluding carboxylic acids is 1. The standard InChI is InChI=1S/C33H40N4O5S/c1-21(2)15-26-20-42-29-17-28(30-22(3)7-5-8-23(30)4)34-32(35-29)36-43(39,40)27-10-6-9-24(16-27)31(38)37(26)19-25-18-33(25)11-13-41-14-12-33/h5-10,16-17,21,25-26H,11-15,18-20H2,1-4H3,(H,34,35,36)/t25?,26-/m1/s1. The van der Waals surface area contributed by atoms with Gasteiger partial charge < -0.3 is 14.4 Å². The highest BCUT2D eigenvalue weighted by Crippen LogP contribution is 2.59. The molecule has 1 N–H and O–H groups in total. The molecule has 2 fully saturated rings. The van der Waals surface area contributed by atoms with Crippen LogP contribution in [0.3, 0.4) is 0 Å². The maximum Gasteiger partial charge on any atom is 0.264 e. The van der Waals surface area contributed by atoms with Crippen molar-refractivity contribution in [1.29, 1.82) is 0 Å². The van der Waals surface area contributed by atoms with E-state index in [0.717, 1.165) is 55.6 Å². The summed E-state index contributed by atoms with van der Waals surface area (Å²) >= 11 is 0. The van der Waals surface area contributed by atoms with Gasteiger partial charge in [-0.05, 0) is 86.1 Å². The summed E-state index contributed by atoms with van der Waals surface area (Å²) in [5.74, 6) is 0.664. The van der Waals surface area contributed by atoms with Crippen molar-refractivity contribution < 1.29 is 22.7 Å². The van der Waals surface area contributed by atoms with Crippen molar-refractivity contribution in [3.63, 3.8) is 0 Å². The third-order valence-electron chi connectivity index (χ3n) is 9.19. The van der Waals surface area contributed by atoms with Gasteiger partial charge in [0.15, 0.2) is 0 Å². The molecule has 1 aliphatic carbocycles. The summed E-state index contributed by atoms with van der Waals surface area (Å²) in [5.41, 5.74) is 4.03. The largest absolute Gasteiger partial charge is 0.475 e. The number of ether oxygens (including phenoxy) is 2. The van der Waals surface area contributed by atoms with Crippen molar-refractivity contribution in [3.05, 3.63) is 65.2 Å². The molecule has 6 rings (SSSR count). The van der Waals surface area contributed by atoms with Crippen molar-refractivity contribution in [1.82, 2.24) is 14.9 Å². The van der Waals surface area contributed by atoms with Gasteiger partial charge in [0, 0.05) is 37.0 Å². The van der Waals surface area contributed by atoms with Crippen LogP contribution in [0.1, 0.15) is 61.0 Å². The van der Waals surface area contributed by atoms with Gasteiger partial charge in [0.1, 0.15) is 6.61 Å². The number of rotatable bonds is 5. The highest BCUT2D eigenvalue weighted by atomic mass is 32.2. The van der Waals surface area contributed by atoms with Crippen LogP contribution in [0.25, 0.3) is 11.3 Å². The highest BCUT2D eigenvalue weighted by Gasteiger charge is 2.55. The van der Waals surface area contributed by atoms with E-state index in [1.54, 1.807) is 18.2 Å². The van der Waals surface area contributed by atoms with Crippen molar-refractivity contribution in [2.24, 2.45) is 17.3 Å². The van der Waals surface area contributed by atoms with Crippen LogP contribution in [0.15, 0.2) is 53.4 Å². The Hall–Kier alpha value is -3.50. The Morgan fingerprint density at radius 2 is 1.77 bits per heavy atom. The summed E-state index contributed by atoms with van der Waals surface area (Å²) in [6, 6.07) is 13.7. The quantitative estimate of drug-likeness (QED) is 0.402. The van der Waals surface area contributed by atoms with Crippen LogP contribution in [0.4, 0.5) is 5.95 Å². The van der Waals surface area contributed by atoms with E-state index < -0.39 is 10.0 Å². The van der Waals surface area contributed by atoms with E-state index in [4.69, 9.17) is 9.47 Å². The van der Waals surface area contributed by atoms with Gasteiger partial charge in [-0.2, -0.15) is 4.98 Å². The number of nitrogens with zero attached hydrogens (tertiary/aromatic N) is 3. The smallest absolute Gasteiger partial charge is 0.264 e. The maximum absolute atomic E-state index is 14.3. The van der Waals surface area contributed by atoms with Crippen molar-refractivity contribution in [2.45, 2.75) is 64.3 Å². The molecule has 10 heteroatoms. The molecule has 1 saturated carbocycles. The Labute approximate surface area is 254 Å². The molecule has 9 nitrogen and oxygen atoms in total. The molecule has 0 radical (unpaired) electrons. The number of amides is 1. The number of aromatic nitrogens is 2. The molecule has 228 valence electrons. The zero-order valence-corrected chi connectivity index (χ0v) is 26.1. The summed E-state index contributed by atoms with van der Waals surface area (Å²) in [6.45, 7) is 10.6. The van der Waals surface area contributed by atoms with Crippen LogP contribution in [0.5, 0.6) is 5.88 Å². The number of aryl methyl sites for hydroxylation is 2. The molecule has 4 bridgehead atoms. The molecule has 1 amide bonds. The number of nitrogens with one attached hydrogen (secondary N) is 1. The molecule has 3 aromatic rings. The lowest BCUT2D eigenvalue weighted by atomic mass is 9.93. The molecule has 1 saturated heterocycles. The molecule has 3 aliphatic rings. The minimum Gasteiger partial charge on any atom is -0.475 e. The zero-order chi connectivity index (χ0) is 30.4. The molecule has 2 atom stereocenters. The zero-order valence-electron chi connectivity index (χ0n) is 25.3. The fourth-order valence-corrected chi connectivity index (χ4v) is 7.75. The van der Waals surface area contributed by atoms with Crippen LogP contribution in [0.2, 0.25) is 0 Å². The van der Waals surface area contributed by atoms with E-state index in [-0.39, 0.29) is 40.7 Å². The molecular weight excluding hydrogens is 564 g/mol. The average molecular weight is 605 g/mol. The minimum absolute atomic E-state index is 0.0196. The van der Waals surface area contributed by atoms with Crippen molar-refractivity contribution in [3.8, 4) is 17.1 Å². The third kappa shape index (κ3) is 6.13. The van der Waals surface area contributed by atoms with E-state index >= 15 is 0 Å². The van der Waals surface area contributed by atoms with E-state index in [9.17, 15) is 13.2 Å². The molecule has 43 heavy (non-hydrogen) atoms. The first-order valence-electron chi connectivity index (χ1n) is 15.1. The number of fused-ring (bicyclic) bond motifs is 4. The molecule has 3 heterocycles. The van der Waals surface area contributed by atoms with Crippen LogP contribution in [-0.4, -0.2) is 61.6 Å². The van der Waals surface area contributed by atoms with Gasteiger partial charge in [-0.1, -0.05) is 38.1 Å². The Morgan fingerprint density at radius 3 is 2.49 bits per heavy atom. The topological polar surface area (TPSA) is 111 Å². The Kier molecular flexibility index (Phi) is 7.93. The monoisotopic (exact) mass is 604 g/mol. The lowest BCUT2D eigenvalue weighted by Gasteiger charge is -2.34. The number of benzene rings is 2. The predicted molar refractivity (Wildman–Crippen MR) is 165 cm³/mol. The first-order valence-corrected chi connectivity index (χ1v) is 16.6. The second-order valence-electron chi connectivity index (χ2n) is 12.7. The van der Waals surface area contributed by atoms with Crippen LogP contribution >= 0.6 is 0 Å². The van der Waals surface area contributed by atoms with Gasteiger partial charge in [0.25, 0.3) is 15.9 Å². The molecule has 1 unspecified atom stereocenters. The number of anilines is 1. The van der Waals surface area contributed by atoms with Crippen molar-refractivity contribution >= 4 is 21.9 Å². The summed E-state index contributed by atoms with van der Waals surface area (Å²) in [6.07, 6.45) is 3.82. The van der Waals surface area contributed by atoms with E-state index in [0.29, 0.717) is 29.6 Å². The fraction of sp³-hybridized carbons (Fsp3) is 0.485. The van der Waals surface area contributed by atoms with E-state index in [1.807, 2.05) is 36.9 Å². The average Bonchev–Trinajstić information content (AvgIpc) is 3.63. The number of sulfonamides is 1. The SMILES string of the molecule is Cc1cccc(C)c1-c1cc2nc(n1)NS(=O)(=O)c1cccc(c1)C(=O)N(CC1CC13CCOCC3)[C@H](CC(C)C)CO2. The van der Waals surface area contributed by atoms with Gasteiger partial charge in [-0.25, -0.2) is 18.1 Å². The fourth-order valence-electron chi connectivity index (χ4n) is 6.76.